The van der Waals surface area contributed by atoms with Gasteiger partial charge in [0.25, 0.3) is 0 Å². The number of pyridine rings is 1. The van der Waals surface area contributed by atoms with Crippen LogP contribution >= 0.6 is 11.3 Å². The summed E-state index contributed by atoms with van der Waals surface area (Å²) in [6.45, 7) is 3.72. The molecule has 120 valence electrons. The van der Waals surface area contributed by atoms with Crippen molar-refractivity contribution >= 4 is 27.3 Å². The van der Waals surface area contributed by atoms with Crippen LogP contribution in [-0.2, 0) is 0 Å². The van der Waals surface area contributed by atoms with E-state index in [0.717, 1.165) is 10.2 Å². The van der Waals surface area contributed by atoms with Gasteiger partial charge >= 0.3 is 0 Å². The summed E-state index contributed by atoms with van der Waals surface area (Å²) >= 11 is 1.36. The highest BCUT2D eigenvalue weighted by Gasteiger charge is 2.28. The molecule has 6 heteroatoms. The van der Waals surface area contributed by atoms with Gasteiger partial charge in [0.05, 0.1) is 28.0 Å². The number of Topliss-reactive ketones (excluding diaryl/α,β-unsaturated/α-hetero) is 1. The summed E-state index contributed by atoms with van der Waals surface area (Å²) < 4.78 is 6.55. The van der Waals surface area contributed by atoms with Gasteiger partial charge in [-0.25, -0.2) is 9.97 Å². The van der Waals surface area contributed by atoms with Crippen LogP contribution in [0.1, 0.15) is 35.1 Å². The van der Waals surface area contributed by atoms with Crippen LogP contribution in [0.5, 0.6) is 5.88 Å². The van der Waals surface area contributed by atoms with E-state index in [9.17, 15) is 10.1 Å². The van der Waals surface area contributed by atoms with E-state index in [1.165, 1.54) is 11.3 Å². The van der Waals surface area contributed by atoms with Crippen LogP contribution in [0.15, 0.2) is 42.6 Å². The predicted octanol–water partition coefficient (Wildman–Crippen LogP) is 3.97. The molecule has 0 aliphatic heterocycles. The molecule has 0 aliphatic carbocycles. The fourth-order valence-corrected chi connectivity index (χ4v) is 3.30. The molecule has 2 aromatic heterocycles. The van der Waals surface area contributed by atoms with Gasteiger partial charge in [-0.2, -0.15) is 5.26 Å². The third kappa shape index (κ3) is 3.12. The molecule has 0 unspecified atom stereocenters. The predicted molar refractivity (Wildman–Crippen MR) is 92.3 cm³/mol. The minimum atomic E-state index is -0.971. The average molecular weight is 337 g/mol. The number of ether oxygens (including phenoxy) is 1. The van der Waals surface area contributed by atoms with E-state index in [-0.39, 0.29) is 17.8 Å². The Morgan fingerprint density at radius 1 is 1.25 bits per heavy atom. The van der Waals surface area contributed by atoms with Gasteiger partial charge in [-0.15, -0.1) is 11.3 Å². The van der Waals surface area contributed by atoms with Crippen LogP contribution in [0, 0.1) is 11.3 Å². The first-order valence-corrected chi connectivity index (χ1v) is 8.32. The molecule has 0 N–H and O–H groups in total. The maximum atomic E-state index is 12.9. The molecular weight excluding hydrogens is 322 g/mol. The first-order valence-electron chi connectivity index (χ1n) is 7.51. The Bertz CT molecular complexity index is 894. The summed E-state index contributed by atoms with van der Waals surface area (Å²) in [7, 11) is 0. The van der Waals surface area contributed by atoms with Crippen molar-refractivity contribution in [3.05, 3.63) is 53.2 Å². The number of carbonyl (C=O) groups excluding carboxylic acids is 1. The van der Waals surface area contributed by atoms with Crippen molar-refractivity contribution in [2.24, 2.45) is 0 Å². The molecule has 3 rings (SSSR count). The van der Waals surface area contributed by atoms with Gasteiger partial charge in [0.1, 0.15) is 5.01 Å². The van der Waals surface area contributed by atoms with Gasteiger partial charge in [0.15, 0.2) is 11.7 Å². The summed E-state index contributed by atoms with van der Waals surface area (Å²) in [5.74, 6) is -1.07. The number of aromatic nitrogens is 2. The Kier molecular flexibility index (Phi) is 4.54. The number of thiazole rings is 1. The smallest absolute Gasteiger partial charge is 0.224 e. The van der Waals surface area contributed by atoms with E-state index in [0.29, 0.717) is 10.6 Å². The highest BCUT2D eigenvalue weighted by molar-refractivity contribution is 7.18. The lowest BCUT2D eigenvalue weighted by Crippen LogP contribution is -2.16. The molecule has 3 aromatic rings. The monoisotopic (exact) mass is 337 g/mol. The van der Waals surface area contributed by atoms with Crippen LogP contribution in [-0.4, -0.2) is 21.9 Å². The van der Waals surface area contributed by atoms with Gasteiger partial charge in [0.2, 0.25) is 5.88 Å². The number of nitrogens with zero attached hydrogens (tertiary/aromatic N) is 3. The third-order valence-corrected chi connectivity index (χ3v) is 4.43. The number of hydrogen-bond donors (Lipinski definition) is 0. The van der Waals surface area contributed by atoms with Crippen LogP contribution in [0.25, 0.3) is 10.2 Å². The number of hydrogen-bond acceptors (Lipinski definition) is 6. The minimum absolute atomic E-state index is 0.116. The fourth-order valence-electron chi connectivity index (χ4n) is 2.29. The molecule has 2 heterocycles. The maximum Gasteiger partial charge on any atom is 0.224 e. The number of rotatable bonds is 5. The summed E-state index contributed by atoms with van der Waals surface area (Å²) in [5, 5.41) is 10.0. The zero-order chi connectivity index (χ0) is 17.1. The normalized spacial score (nSPS) is 12.1. The summed E-state index contributed by atoms with van der Waals surface area (Å²) in [6, 6.07) is 12.9. The van der Waals surface area contributed by atoms with Gasteiger partial charge in [0, 0.05) is 6.20 Å². The van der Waals surface area contributed by atoms with E-state index in [1.807, 2.05) is 38.1 Å². The Labute approximate surface area is 143 Å². The molecular formula is C18H15N3O2S. The van der Waals surface area contributed by atoms with Crippen molar-refractivity contribution < 1.29 is 9.53 Å². The lowest BCUT2D eigenvalue weighted by Gasteiger charge is -2.13. The quantitative estimate of drug-likeness (QED) is 0.658. The first kappa shape index (κ1) is 16.1. The summed E-state index contributed by atoms with van der Waals surface area (Å²) in [5.41, 5.74) is 1.09. The molecule has 1 aromatic carbocycles. The highest BCUT2D eigenvalue weighted by Crippen LogP contribution is 2.31. The summed E-state index contributed by atoms with van der Waals surface area (Å²) in [4.78, 5) is 21.4. The zero-order valence-electron chi connectivity index (χ0n) is 13.3. The van der Waals surface area contributed by atoms with Crippen LogP contribution in [0.2, 0.25) is 0 Å². The number of ketones is 1. The third-order valence-electron chi connectivity index (χ3n) is 3.33. The van der Waals surface area contributed by atoms with Gasteiger partial charge in [-0.1, -0.05) is 12.1 Å². The van der Waals surface area contributed by atoms with Crippen LogP contribution in [0.3, 0.4) is 0 Å². The van der Waals surface area contributed by atoms with Crippen molar-refractivity contribution in [1.29, 1.82) is 5.26 Å². The molecule has 0 saturated carbocycles. The molecule has 0 saturated heterocycles. The fraction of sp³-hybridized carbons (Fsp3) is 0.222. The first-order chi connectivity index (χ1) is 11.6. The van der Waals surface area contributed by atoms with Gasteiger partial charge in [-0.3, -0.25) is 4.79 Å². The lowest BCUT2D eigenvalue weighted by atomic mass is 10.0. The number of nitriles is 1. The number of carbonyl (C=O) groups is 1. The second-order valence-electron chi connectivity index (χ2n) is 5.47. The largest absolute Gasteiger partial charge is 0.474 e. The summed E-state index contributed by atoms with van der Waals surface area (Å²) in [6.07, 6.45) is 1.45. The minimum Gasteiger partial charge on any atom is -0.474 e. The van der Waals surface area contributed by atoms with E-state index < -0.39 is 5.92 Å². The van der Waals surface area contributed by atoms with Gasteiger partial charge < -0.3 is 4.74 Å². The molecule has 5 nitrogen and oxygen atoms in total. The van der Waals surface area contributed by atoms with E-state index in [4.69, 9.17) is 4.74 Å². The van der Waals surface area contributed by atoms with E-state index in [1.54, 1.807) is 18.3 Å². The Morgan fingerprint density at radius 3 is 2.75 bits per heavy atom. The molecule has 1 atom stereocenters. The number of fused-ring (bicyclic) bond motifs is 1. The lowest BCUT2D eigenvalue weighted by molar-refractivity contribution is 0.0972. The van der Waals surface area contributed by atoms with Crippen molar-refractivity contribution in [1.82, 2.24) is 9.97 Å². The molecule has 0 fully saturated rings. The Hall–Kier alpha value is -2.78. The molecule has 0 amide bonds. The molecule has 0 bridgehead atoms. The second-order valence-corrected chi connectivity index (χ2v) is 6.53. The van der Waals surface area contributed by atoms with Crippen LogP contribution < -0.4 is 4.74 Å². The number of benzene rings is 1. The van der Waals surface area contributed by atoms with Gasteiger partial charge in [-0.05, 0) is 38.1 Å². The average Bonchev–Trinajstić information content (AvgIpc) is 2.99. The highest BCUT2D eigenvalue weighted by atomic mass is 32.1. The Morgan fingerprint density at radius 2 is 2.04 bits per heavy atom. The molecule has 0 aliphatic rings. The van der Waals surface area contributed by atoms with E-state index in [2.05, 4.69) is 16.0 Å². The van der Waals surface area contributed by atoms with Crippen molar-refractivity contribution in [3.63, 3.8) is 0 Å². The molecule has 24 heavy (non-hydrogen) atoms. The van der Waals surface area contributed by atoms with E-state index >= 15 is 0 Å². The van der Waals surface area contributed by atoms with Crippen molar-refractivity contribution in [2.45, 2.75) is 25.9 Å². The maximum absolute atomic E-state index is 12.9. The molecule has 0 spiro atoms. The Balaban J connectivity index is 2.00. The second kappa shape index (κ2) is 6.77. The standard InChI is InChI=1S/C18H15N3O2S/c1-11(2)23-17-12(6-5-9-20-17)16(22)13(10-19)18-21-14-7-3-4-8-15(14)24-18/h3-9,11,13H,1-2H3/t13-/m0/s1. The zero-order valence-corrected chi connectivity index (χ0v) is 14.1. The molecule has 0 radical (unpaired) electrons. The van der Waals surface area contributed by atoms with Crippen molar-refractivity contribution in [3.8, 4) is 11.9 Å². The SMILES string of the molecule is CC(C)Oc1ncccc1C(=O)[C@H](C#N)c1nc2ccccc2s1. The van der Waals surface area contributed by atoms with Crippen molar-refractivity contribution in [2.75, 3.05) is 0 Å². The number of para-hydroxylation sites is 1. The topological polar surface area (TPSA) is 75.9 Å². The van der Waals surface area contributed by atoms with Crippen LogP contribution in [0.4, 0.5) is 0 Å².